The molecule has 1 saturated heterocycles. The van der Waals surface area contributed by atoms with Crippen LogP contribution in [0.1, 0.15) is 30.6 Å². The summed E-state index contributed by atoms with van der Waals surface area (Å²) < 4.78 is 5.18. The number of rotatable bonds is 4. The van der Waals surface area contributed by atoms with Crippen LogP contribution in [0, 0.1) is 5.92 Å². The number of aliphatic hydroxyl groups excluding tert-OH is 1. The Bertz CT molecular complexity index is 428. The monoisotopic (exact) mass is 263 g/mol. The molecule has 0 spiro atoms. The molecular weight excluding hydrogens is 242 g/mol. The van der Waals surface area contributed by atoms with Gasteiger partial charge in [-0.15, -0.1) is 0 Å². The minimum absolute atomic E-state index is 0.240. The maximum absolute atomic E-state index is 11.8. The van der Waals surface area contributed by atoms with Crippen molar-refractivity contribution in [3.8, 4) is 0 Å². The Hall–Kier alpha value is -1.55. The van der Waals surface area contributed by atoms with Gasteiger partial charge < -0.3 is 14.7 Å². The van der Waals surface area contributed by atoms with Crippen molar-refractivity contribution in [3.05, 3.63) is 29.8 Å². The van der Waals surface area contributed by atoms with Crippen LogP contribution in [0.5, 0.6) is 0 Å². The SMILES string of the molecule is CC(C)COC(=O)c1ccc(N2CC[C@@H](O)C2)cc1. The molecule has 0 amide bonds. The molecular formula is C15H21NO3. The molecule has 104 valence electrons. The Morgan fingerprint density at radius 1 is 1.42 bits per heavy atom. The van der Waals surface area contributed by atoms with E-state index in [0.717, 1.165) is 18.7 Å². The van der Waals surface area contributed by atoms with E-state index >= 15 is 0 Å². The quantitative estimate of drug-likeness (QED) is 0.845. The number of ether oxygens (including phenoxy) is 1. The molecule has 0 aliphatic carbocycles. The lowest BCUT2D eigenvalue weighted by molar-refractivity contribution is 0.0459. The predicted octanol–water partition coefficient (Wildman–Crippen LogP) is 2.07. The van der Waals surface area contributed by atoms with Crippen molar-refractivity contribution >= 4 is 11.7 Å². The van der Waals surface area contributed by atoms with E-state index < -0.39 is 0 Å². The lowest BCUT2D eigenvalue weighted by Gasteiger charge is -2.17. The minimum atomic E-state index is -0.276. The summed E-state index contributed by atoms with van der Waals surface area (Å²) in [6, 6.07) is 7.37. The molecule has 1 aliphatic heterocycles. The summed E-state index contributed by atoms with van der Waals surface area (Å²) in [5.74, 6) is 0.0658. The van der Waals surface area contributed by atoms with Gasteiger partial charge in [0.1, 0.15) is 0 Å². The van der Waals surface area contributed by atoms with Gasteiger partial charge in [0.05, 0.1) is 18.3 Å². The van der Waals surface area contributed by atoms with E-state index in [2.05, 4.69) is 4.90 Å². The summed E-state index contributed by atoms with van der Waals surface area (Å²) in [6.07, 6.45) is 0.564. The maximum atomic E-state index is 11.8. The zero-order chi connectivity index (χ0) is 13.8. The van der Waals surface area contributed by atoms with E-state index in [1.54, 1.807) is 12.1 Å². The summed E-state index contributed by atoms with van der Waals surface area (Å²) in [6.45, 7) is 5.98. The van der Waals surface area contributed by atoms with Crippen LogP contribution in [0.3, 0.4) is 0 Å². The second-order valence-corrected chi connectivity index (χ2v) is 5.43. The molecule has 0 saturated carbocycles. The van der Waals surface area contributed by atoms with Gasteiger partial charge in [-0.1, -0.05) is 13.8 Å². The van der Waals surface area contributed by atoms with Crippen molar-refractivity contribution in [1.82, 2.24) is 0 Å². The van der Waals surface area contributed by atoms with Gasteiger partial charge in [-0.3, -0.25) is 0 Å². The Balaban J connectivity index is 1.96. The largest absolute Gasteiger partial charge is 0.462 e. The molecule has 1 aromatic rings. The van der Waals surface area contributed by atoms with Crippen molar-refractivity contribution in [1.29, 1.82) is 0 Å². The first-order valence-corrected chi connectivity index (χ1v) is 6.76. The summed E-state index contributed by atoms with van der Waals surface area (Å²) >= 11 is 0. The van der Waals surface area contributed by atoms with Crippen LogP contribution in [-0.4, -0.2) is 36.9 Å². The number of benzene rings is 1. The summed E-state index contributed by atoms with van der Waals surface area (Å²) in [5, 5.41) is 9.51. The van der Waals surface area contributed by atoms with Crippen molar-refractivity contribution in [2.75, 3.05) is 24.6 Å². The normalized spacial score (nSPS) is 18.9. The number of anilines is 1. The van der Waals surface area contributed by atoms with Crippen LogP contribution in [0.25, 0.3) is 0 Å². The molecule has 1 aromatic carbocycles. The van der Waals surface area contributed by atoms with E-state index in [4.69, 9.17) is 4.74 Å². The van der Waals surface area contributed by atoms with E-state index in [-0.39, 0.29) is 12.1 Å². The standard InChI is InChI=1S/C15H21NO3/c1-11(2)10-19-15(18)12-3-5-13(6-4-12)16-8-7-14(17)9-16/h3-6,11,14,17H,7-10H2,1-2H3/t14-/m1/s1. The third kappa shape index (κ3) is 3.70. The lowest BCUT2D eigenvalue weighted by Crippen LogP contribution is -2.21. The van der Waals surface area contributed by atoms with E-state index in [1.807, 2.05) is 26.0 Å². The molecule has 1 heterocycles. The molecule has 1 N–H and O–H groups in total. The summed E-state index contributed by atoms with van der Waals surface area (Å²) in [7, 11) is 0. The number of nitrogens with zero attached hydrogens (tertiary/aromatic N) is 1. The predicted molar refractivity (Wildman–Crippen MR) is 74.4 cm³/mol. The van der Waals surface area contributed by atoms with E-state index in [1.165, 1.54) is 0 Å². The molecule has 1 atom stereocenters. The molecule has 1 fully saturated rings. The first-order valence-electron chi connectivity index (χ1n) is 6.76. The average molecular weight is 263 g/mol. The number of hydrogen-bond donors (Lipinski definition) is 1. The molecule has 4 nitrogen and oxygen atoms in total. The number of carbonyl (C=O) groups excluding carboxylic acids is 1. The molecule has 0 aromatic heterocycles. The minimum Gasteiger partial charge on any atom is -0.462 e. The van der Waals surface area contributed by atoms with E-state index in [0.29, 0.717) is 24.6 Å². The molecule has 2 rings (SSSR count). The van der Waals surface area contributed by atoms with Gasteiger partial charge in [0.2, 0.25) is 0 Å². The fourth-order valence-corrected chi connectivity index (χ4v) is 2.11. The number of aliphatic hydroxyl groups is 1. The average Bonchev–Trinajstić information content (AvgIpc) is 2.83. The molecule has 19 heavy (non-hydrogen) atoms. The summed E-state index contributed by atoms with van der Waals surface area (Å²) in [4.78, 5) is 13.9. The van der Waals surface area contributed by atoms with Crippen LogP contribution in [0.15, 0.2) is 24.3 Å². The van der Waals surface area contributed by atoms with Crippen LogP contribution in [0.4, 0.5) is 5.69 Å². The lowest BCUT2D eigenvalue weighted by atomic mass is 10.2. The smallest absolute Gasteiger partial charge is 0.338 e. The topological polar surface area (TPSA) is 49.8 Å². The van der Waals surface area contributed by atoms with Crippen LogP contribution in [-0.2, 0) is 4.74 Å². The number of hydrogen-bond acceptors (Lipinski definition) is 4. The number of β-amino-alcohol motifs (C(OH)–C–C–N with tert-alkyl or cyclic N) is 1. The highest BCUT2D eigenvalue weighted by molar-refractivity contribution is 5.89. The summed E-state index contributed by atoms with van der Waals surface area (Å²) in [5.41, 5.74) is 1.61. The van der Waals surface area contributed by atoms with Crippen molar-refractivity contribution in [2.45, 2.75) is 26.4 Å². The van der Waals surface area contributed by atoms with Crippen molar-refractivity contribution in [2.24, 2.45) is 5.92 Å². The van der Waals surface area contributed by atoms with Crippen LogP contribution in [0.2, 0.25) is 0 Å². The number of esters is 1. The first kappa shape index (κ1) is 13.9. The van der Waals surface area contributed by atoms with Gasteiger partial charge in [-0.25, -0.2) is 4.79 Å². The highest BCUT2D eigenvalue weighted by atomic mass is 16.5. The molecule has 0 bridgehead atoms. The van der Waals surface area contributed by atoms with Gasteiger partial charge in [0, 0.05) is 18.8 Å². The van der Waals surface area contributed by atoms with Gasteiger partial charge in [-0.05, 0) is 36.6 Å². The Labute approximate surface area is 114 Å². The highest BCUT2D eigenvalue weighted by Gasteiger charge is 2.20. The van der Waals surface area contributed by atoms with Gasteiger partial charge in [-0.2, -0.15) is 0 Å². The highest BCUT2D eigenvalue weighted by Crippen LogP contribution is 2.21. The zero-order valence-electron chi connectivity index (χ0n) is 11.5. The zero-order valence-corrected chi connectivity index (χ0v) is 11.5. The van der Waals surface area contributed by atoms with Crippen LogP contribution < -0.4 is 4.90 Å². The molecule has 0 unspecified atom stereocenters. The third-order valence-corrected chi connectivity index (χ3v) is 3.18. The fourth-order valence-electron chi connectivity index (χ4n) is 2.11. The Kier molecular flexibility index (Phi) is 4.43. The maximum Gasteiger partial charge on any atom is 0.338 e. The van der Waals surface area contributed by atoms with Crippen LogP contribution >= 0.6 is 0 Å². The van der Waals surface area contributed by atoms with E-state index in [9.17, 15) is 9.90 Å². The first-order chi connectivity index (χ1) is 9.06. The number of carbonyl (C=O) groups is 1. The molecule has 1 aliphatic rings. The van der Waals surface area contributed by atoms with Crippen molar-refractivity contribution in [3.63, 3.8) is 0 Å². The fraction of sp³-hybridized carbons (Fsp3) is 0.533. The van der Waals surface area contributed by atoms with Gasteiger partial charge in [0.25, 0.3) is 0 Å². The van der Waals surface area contributed by atoms with Crippen molar-refractivity contribution < 1.29 is 14.6 Å². The molecule has 4 heteroatoms. The van der Waals surface area contributed by atoms with Gasteiger partial charge in [0.15, 0.2) is 0 Å². The van der Waals surface area contributed by atoms with Gasteiger partial charge >= 0.3 is 5.97 Å². The Morgan fingerprint density at radius 2 is 2.11 bits per heavy atom. The second kappa shape index (κ2) is 6.06. The second-order valence-electron chi connectivity index (χ2n) is 5.43. The third-order valence-electron chi connectivity index (χ3n) is 3.18. The Morgan fingerprint density at radius 3 is 2.63 bits per heavy atom. The molecule has 0 radical (unpaired) electrons.